The Bertz CT molecular complexity index is 449. The zero-order valence-electron chi connectivity index (χ0n) is 24.0. The average Bonchev–Trinajstić information content (AvgIpc) is 2.67. The minimum absolute atomic E-state index is 0.0127. The molecule has 0 radical (unpaired) electrons. The van der Waals surface area contributed by atoms with Crippen LogP contribution in [0.2, 0.25) is 12.1 Å². The highest BCUT2D eigenvalue weighted by Crippen LogP contribution is 2.24. The SMILES string of the molecule is CC(C)O[Si](CC(N)CCN)(OC(C)C)OC(C)C.CCO[Si](CC(N)CCN)(OCC)OCC. The maximum Gasteiger partial charge on any atom is 0.503 e. The lowest BCUT2D eigenvalue weighted by Gasteiger charge is -2.36. The fourth-order valence-corrected chi connectivity index (χ4v) is 9.77. The predicted molar refractivity (Wildman–Crippen MR) is 148 cm³/mol. The van der Waals surface area contributed by atoms with Crippen molar-refractivity contribution in [2.45, 2.75) is 118 Å². The van der Waals surface area contributed by atoms with E-state index in [0.29, 0.717) is 45.0 Å². The Morgan fingerprint density at radius 2 is 0.829 bits per heavy atom. The molecule has 0 aliphatic carbocycles. The molecule has 2 unspecified atom stereocenters. The number of hydrogen-bond donors (Lipinski definition) is 4. The molecule has 0 bridgehead atoms. The molecule has 12 heteroatoms. The Morgan fingerprint density at radius 3 is 1.06 bits per heavy atom. The minimum Gasteiger partial charge on any atom is -0.374 e. The molecule has 0 fully saturated rings. The first kappa shape index (κ1) is 37.2. The van der Waals surface area contributed by atoms with Gasteiger partial charge < -0.3 is 49.5 Å². The molecule has 214 valence electrons. The third-order valence-corrected chi connectivity index (χ3v) is 11.2. The van der Waals surface area contributed by atoms with Crippen LogP contribution in [0.25, 0.3) is 0 Å². The first-order chi connectivity index (χ1) is 16.3. The minimum atomic E-state index is -2.77. The van der Waals surface area contributed by atoms with Crippen LogP contribution in [0.15, 0.2) is 0 Å². The molecule has 35 heavy (non-hydrogen) atoms. The van der Waals surface area contributed by atoms with Gasteiger partial charge in [0, 0.05) is 62.3 Å². The first-order valence-electron chi connectivity index (χ1n) is 13.2. The van der Waals surface area contributed by atoms with Crippen LogP contribution >= 0.6 is 0 Å². The summed E-state index contributed by atoms with van der Waals surface area (Å²) < 4.78 is 35.3. The molecular formula is C23H58N4O6Si2. The molecule has 8 N–H and O–H groups in total. The standard InChI is InChI=1S/C13H32N2O3Si.C10H26N2O3Si/c1-10(2)16-19(17-11(3)4,18-12(5)6)9-13(15)7-8-14;1-4-13-16(14-5-2,15-6-3)9-10(12)7-8-11/h10-13H,7-9,14-15H2,1-6H3;10H,4-9,11-12H2,1-3H3. The summed E-state index contributed by atoms with van der Waals surface area (Å²) in [5.41, 5.74) is 23.1. The van der Waals surface area contributed by atoms with Crippen molar-refractivity contribution in [1.29, 1.82) is 0 Å². The van der Waals surface area contributed by atoms with Crippen molar-refractivity contribution in [1.82, 2.24) is 0 Å². The van der Waals surface area contributed by atoms with Crippen molar-refractivity contribution < 1.29 is 26.6 Å². The van der Waals surface area contributed by atoms with Gasteiger partial charge in [-0.15, -0.1) is 0 Å². The fourth-order valence-electron chi connectivity index (χ4n) is 3.54. The second kappa shape index (κ2) is 21.0. The van der Waals surface area contributed by atoms with E-state index in [2.05, 4.69) is 0 Å². The first-order valence-corrected chi connectivity index (χ1v) is 17.1. The summed E-state index contributed by atoms with van der Waals surface area (Å²) in [4.78, 5) is 0. The Morgan fingerprint density at radius 1 is 0.543 bits per heavy atom. The maximum atomic E-state index is 6.11. The molecule has 0 saturated heterocycles. The van der Waals surface area contributed by atoms with Crippen LogP contribution in [-0.2, 0) is 26.6 Å². The second-order valence-electron chi connectivity index (χ2n) is 9.25. The molecule has 0 spiro atoms. The molecule has 0 aromatic rings. The Balaban J connectivity index is 0. The predicted octanol–water partition coefficient (Wildman–Crippen LogP) is 2.59. The number of nitrogens with two attached hydrogens (primary N) is 4. The summed E-state index contributed by atoms with van der Waals surface area (Å²) in [5.74, 6) is 0. The van der Waals surface area contributed by atoms with Gasteiger partial charge >= 0.3 is 17.6 Å². The Labute approximate surface area is 217 Å². The lowest BCUT2D eigenvalue weighted by Crippen LogP contribution is -2.53. The fraction of sp³-hybridized carbons (Fsp3) is 1.00. The third kappa shape index (κ3) is 18.9. The monoisotopic (exact) mass is 542 g/mol. The molecule has 0 aliphatic heterocycles. The lowest BCUT2D eigenvalue weighted by atomic mass is 10.2. The van der Waals surface area contributed by atoms with Gasteiger partial charge in [-0.3, -0.25) is 0 Å². The highest BCUT2D eigenvalue weighted by Gasteiger charge is 2.45. The van der Waals surface area contributed by atoms with Crippen LogP contribution in [0, 0.1) is 0 Å². The zero-order valence-corrected chi connectivity index (χ0v) is 26.0. The average molecular weight is 543 g/mol. The van der Waals surface area contributed by atoms with E-state index < -0.39 is 17.6 Å². The van der Waals surface area contributed by atoms with E-state index in [9.17, 15) is 0 Å². The molecule has 0 aromatic heterocycles. The topological polar surface area (TPSA) is 159 Å². The van der Waals surface area contributed by atoms with Crippen molar-refractivity contribution in [3.8, 4) is 0 Å². The maximum absolute atomic E-state index is 6.11. The molecule has 0 rings (SSSR count). The van der Waals surface area contributed by atoms with Gasteiger partial charge in [-0.1, -0.05) is 0 Å². The summed E-state index contributed by atoms with van der Waals surface area (Å²) in [6.07, 6.45) is 1.67. The molecule has 0 aromatic carbocycles. The smallest absolute Gasteiger partial charge is 0.374 e. The lowest BCUT2D eigenvalue weighted by molar-refractivity contribution is 0.00199. The van der Waals surface area contributed by atoms with E-state index in [4.69, 9.17) is 49.5 Å². The Kier molecular flexibility index (Phi) is 22.3. The van der Waals surface area contributed by atoms with Crippen molar-refractivity contribution in [3.05, 3.63) is 0 Å². The zero-order chi connectivity index (χ0) is 27.5. The van der Waals surface area contributed by atoms with Crippen molar-refractivity contribution in [2.24, 2.45) is 22.9 Å². The molecule has 0 aliphatic rings. The van der Waals surface area contributed by atoms with Crippen LogP contribution in [0.4, 0.5) is 0 Å². The van der Waals surface area contributed by atoms with Gasteiger partial charge in [0.2, 0.25) is 0 Å². The third-order valence-electron chi connectivity index (χ3n) is 4.44. The van der Waals surface area contributed by atoms with E-state index in [-0.39, 0.29) is 30.4 Å². The normalized spacial score (nSPS) is 14.4. The second-order valence-corrected chi connectivity index (χ2v) is 14.4. The van der Waals surface area contributed by atoms with Crippen LogP contribution < -0.4 is 22.9 Å². The number of hydrogen-bond acceptors (Lipinski definition) is 10. The van der Waals surface area contributed by atoms with Crippen LogP contribution in [0.3, 0.4) is 0 Å². The molecule has 0 saturated carbocycles. The highest BCUT2D eigenvalue weighted by molar-refractivity contribution is 6.61. The van der Waals surface area contributed by atoms with Crippen LogP contribution in [-0.4, -0.2) is 80.9 Å². The van der Waals surface area contributed by atoms with Crippen molar-refractivity contribution in [3.63, 3.8) is 0 Å². The van der Waals surface area contributed by atoms with E-state index in [1.54, 1.807) is 0 Å². The van der Waals surface area contributed by atoms with Gasteiger partial charge in [0.05, 0.1) is 0 Å². The molecule has 10 nitrogen and oxygen atoms in total. The molecule has 2 atom stereocenters. The van der Waals surface area contributed by atoms with Gasteiger partial charge in [-0.05, 0) is 88.2 Å². The molecular weight excluding hydrogens is 484 g/mol. The van der Waals surface area contributed by atoms with Gasteiger partial charge in [0.15, 0.2) is 0 Å². The summed E-state index contributed by atoms with van der Waals surface area (Å²) in [6.45, 7) is 20.7. The van der Waals surface area contributed by atoms with Gasteiger partial charge in [0.25, 0.3) is 0 Å². The summed E-state index contributed by atoms with van der Waals surface area (Å²) in [6, 6.07) is 1.19. The van der Waals surface area contributed by atoms with E-state index in [1.807, 2.05) is 62.3 Å². The Hall–Kier alpha value is 0.0338. The molecule has 0 amide bonds. The van der Waals surface area contributed by atoms with Crippen LogP contribution in [0.5, 0.6) is 0 Å². The van der Waals surface area contributed by atoms with E-state index in [1.165, 1.54) is 0 Å². The summed E-state index contributed by atoms with van der Waals surface area (Å²) in [7, 11) is -5.34. The summed E-state index contributed by atoms with van der Waals surface area (Å²) in [5, 5.41) is 0. The van der Waals surface area contributed by atoms with Crippen LogP contribution in [0.1, 0.15) is 75.2 Å². The van der Waals surface area contributed by atoms with Gasteiger partial charge in [-0.2, -0.15) is 0 Å². The largest absolute Gasteiger partial charge is 0.503 e. The van der Waals surface area contributed by atoms with Crippen molar-refractivity contribution in [2.75, 3.05) is 32.9 Å². The number of rotatable bonds is 20. The van der Waals surface area contributed by atoms with Gasteiger partial charge in [0.1, 0.15) is 0 Å². The van der Waals surface area contributed by atoms with Gasteiger partial charge in [-0.25, -0.2) is 0 Å². The van der Waals surface area contributed by atoms with E-state index >= 15 is 0 Å². The quantitative estimate of drug-likeness (QED) is 0.168. The highest BCUT2D eigenvalue weighted by atomic mass is 28.4. The van der Waals surface area contributed by atoms with E-state index in [0.717, 1.165) is 12.8 Å². The summed E-state index contributed by atoms with van der Waals surface area (Å²) >= 11 is 0. The molecule has 0 heterocycles. The van der Waals surface area contributed by atoms with Crippen molar-refractivity contribution >= 4 is 17.6 Å².